The summed E-state index contributed by atoms with van der Waals surface area (Å²) >= 11 is 0. The first-order valence-corrected chi connectivity index (χ1v) is 10.3. The third-order valence-corrected chi connectivity index (χ3v) is 6.74. The van der Waals surface area contributed by atoms with Crippen LogP contribution in [0, 0.1) is 19.8 Å². The van der Waals surface area contributed by atoms with E-state index in [4.69, 9.17) is 0 Å². The second-order valence-corrected chi connectivity index (χ2v) is 8.24. The lowest BCUT2D eigenvalue weighted by atomic mass is 9.88. The summed E-state index contributed by atoms with van der Waals surface area (Å²) in [5.41, 5.74) is 3.20. The van der Waals surface area contributed by atoms with Crippen molar-refractivity contribution in [2.75, 3.05) is 46.3 Å². The predicted octanol–water partition coefficient (Wildman–Crippen LogP) is 2.61. The van der Waals surface area contributed by atoms with Gasteiger partial charge in [0, 0.05) is 63.2 Å². The number of piperazine rings is 1. The van der Waals surface area contributed by atoms with Crippen LogP contribution in [-0.2, 0) is 6.54 Å². The molecule has 0 aliphatic carbocycles. The Morgan fingerprint density at radius 2 is 1.73 bits per heavy atom. The van der Waals surface area contributed by atoms with E-state index in [1.165, 1.54) is 31.9 Å². The monoisotopic (exact) mass is 360 g/mol. The SMILES string of the molecule is CCn1c(C)cc(C(=O)N2CCC([C@H](C)N3CCN(C)CC3)CC2)c1C. The number of aryl methyl sites for hydroxylation is 1. The molecule has 5 nitrogen and oxygen atoms in total. The fourth-order valence-electron chi connectivity index (χ4n) is 4.79. The molecule has 2 aliphatic heterocycles. The number of carbonyl (C=O) groups is 1. The number of rotatable bonds is 4. The molecule has 1 atom stereocenters. The van der Waals surface area contributed by atoms with E-state index < -0.39 is 0 Å². The summed E-state index contributed by atoms with van der Waals surface area (Å²) < 4.78 is 2.23. The summed E-state index contributed by atoms with van der Waals surface area (Å²) in [5.74, 6) is 0.939. The molecule has 0 unspecified atom stereocenters. The maximum atomic E-state index is 13.0. The Kier molecular flexibility index (Phi) is 6.08. The first-order valence-electron chi connectivity index (χ1n) is 10.3. The van der Waals surface area contributed by atoms with Crippen molar-refractivity contribution in [3.63, 3.8) is 0 Å². The second-order valence-electron chi connectivity index (χ2n) is 8.24. The summed E-state index contributed by atoms with van der Waals surface area (Å²) in [4.78, 5) is 20.2. The van der Waals surface area contributed by atoms with Crippen LogP contribution >= 0.6 is 0 Å². The Hall–Kier alpha value is -1.33. The van der Waals surface area contributed by atoms with Crippen LogP contribution in [0.1, 0.15) is 48.4 Å². The average molecular weight is 361 g/mol. The molecule has 1 aromatic rings. The van der Waals surface area contributed by atoms with Gasteiger partial charge in [-0.1, -0.05) is 0 Å². The van der Waals surface area contributed by atoms with Gasteiger partial charge >= 0.3 is 0 Å². The highest BCUT2D eigenvalue weighted by Gasteiger charge is 2.31. The summed E-state index contributed by atoms with van der Waals surface area (Å²) in [6, 6.07) is 2.70. The van der Waals surface area contributed by atoms with Crippen LogP contribution in [0.25, 0.3) is 0 Å². The van der Waals surface area contributed by atoms with Gasteiger partial charge in [0.2, 0.25) is 0 Å². The van der Waals surface area contributed by atoms with Crippen molar-refractivity contribution in [3.8, 4) is 0 Å². The normalized spacial score (nSPS) is 22.0. The molecule has 0 N–H and O–H groups in total. The van der Waals surface area contributed by atoms with E-state index in [9.17, 15) is 4.79 Å². The van der Waals surface area contributed by atoms with Crippen LogP contribution < -0.4 is 0 Å². The smallest absolute Gasteiger partial charge is 0.255 e. The van der Waals surface area contributed by atoms with Crippen molar-refractivity contribution >= 4 is 5.91 Å². The van der Waals surface area contributed by atoms with Crippen molar-refractivity contribution in [1.29, 1.82) is 0 Å². The number of hydrogen-bond acceptors (Lipinski definition) is 3. The average Bonchev–Trinajstić information content (AvgIpc) is 2.95. The van der Waals surface area contributed by atoms with Gasteiger partial charge in [-0.2, -0.15) is 0 Å². The molecule has 26 heavy (non-hydrogen) atoms. The minimum absolute atomic E-state index is 0.225. The summed E-state index contributed by atoms with van der Waals surface area (Å²) in [5, 5.41) is 0. The van der Waals surface area contributed by atoms with E-state index in [1.807, 2.05) is 0 Å². The molecule has 3 rings (SSSR count). The van der Waals surface area contributed by atoms with Gasteiger partial charge in [0.1, 0.15) is 0 Å². The van der Waals surface area contributed by atoms with Crippen LogP contribution in [-0.4, -0.2) is 77.5 Å². The van der Waals surface area contributed by atoms with Crippen molar-refractivity contribution in [2.24, 2.45) is 5.92 Å². The third-order valence-electron chi connectivity index (χ3n) is 6.74. The molecule has 3 heterocycles. The molecule has 2 saturated heterocycles. The largest absolute Gasteiger partial charge is 0.349 e. The zero-order valence-corrected chi connectivity index (χ0v) is 17.3. The van der Waals surface area contributed by atoms with Gasteiger partial charge in [-0.15, -0.1) is 0 Å². The van der Waals surface area contributed by atoms with Crippen LogP contribution in [0.2, 0.25) is 0 Å². The molecule has 2 aliphatic rings. The Bertz CT molecular complexity index is 622. The molecule has 5 heteroatoms. The van der Waals surface area contributed by atoms with E-state index in [0.717, 1.165) is 43.7 Å². The molecule has 146 valence electrons. The second kappa shape index (κ2) is 8.13. The zero-order valence-electron chi connectivity index (χ0n) is 17.3. The number of piperidine rings is 1. The van der Waals surface area contributed by atoms with Crippen molar-refractivity contribution in [3.05, 3.63) is 23.0 Å². The summed E-state index contributed by atoms with van der Waals surface area (Å²) in [6.07, 6.45) is 2.26. The lowest BCUT2D eigenvalue weighted by Gasteiger charge is -2.42. The molecule has 1 amide bonds. The van der Waals surface area contributed by atoms with Gasteiger partial charge in [-0.25, -0.2) is 0 Å². The molecule has 0 saturated carbocycles. The van der Waals surface area contributed by atoms with Gasteiger partial charge in [0.05, 0.1) is 5.56 Å². The number of hydrogen-bond donors (Lipinski definition) is 0. The van der Waals surface area contributed by atoms with E-state index in [2.05, 4.69) is 60.1 Å². The molecular weight excluding hydrogens is 324 g/mol. The fourth-order valence-corrected chi connectivity index (χ4v) is 4.79. The Balaban J connectivity index is 1.57. The Morgan fingerprint density at radius 1 is 1.12 bits per heavy atom. The third kappa shape index (κ3) is 3.84. The van der Waals surface area contributed by atoms with Crippen molar-refractivity contribution in [2.45, 2.75) is 53.1 Å². The lowest BCUT2D eigenvalue weighted by Crippen LogP contribution is -2.52. The van der Waals surface area contributed by atoms with E-state index in [-0.39, 0.29) is 5.91 Å². The summed E-state index contributed by atoms with van der Waals surface area (Å²) in [7, 11) is 2.21. The predicted molar refractivity (Wildman–Crippen MR) is 107 cm³/mol. The van der Waals surface area contributed by atoms with Crippen molar-refractivity contribution in [1.82, 2.24) is 19.3 Å². The van der Waals surface area contributed by atoms with Gasteiger partial charge in [-0.05, 0) is 59.6 Å². The minimum Gasteiger partial charge on any atom is -0.349 e. The first-order chi connectivity index (χ1) is 12.4. The number of nitrogens with zero attached hydrogens (tertiary/aromatic N) is 4. The Morgan fingerprint density at radius 3 is 2.27 bits per heavy atom. The zero-order chi connectivity index (χ0) is 18.8. The van der Waals surface area contributed by atoms with Gasteiger partial charge in [-0.3, -0.25) is 9.69 Å². The maximum Gasteiger partial charge on any atom is 0.255 e. The van der Waals surface area contributed by atoms with E-state index in [0.29, 0.717) is 12.0 Å². The number of likely N-dealkylation sites (tertiary alicyclic amines) is 1. The molecule has 0 bridgehead atoms. The highest BCUT2D eigenvalue weighted by molar-refractivity contribution is 5.95. The number of carbonyl (C=O) groups excluding carboxylic acids is 1. The van der Waals surface area contributed by atoms with Crippen LogP contribution in [0.15, 0.2) is 6.07 Å². The highest BCUT2D eigenvalue weighted by Crippen LogP contribution is 2.26. The first kappa shape index (κ1) is 19.4. The van der Waals surface area contributed by atoms with Gasteiger partial charge < -0.3 is 14.4 Å². The minimum atomic E-state index is 0.225. The maximum absolute atomic E-state index is 13.0. The Labute approximate surface area is 158 Å². The molecule has 0 radical (unpaired) electrons. The molecule has 2 fully saturated rings. The standard InChI is InChI=1S/C21H36N4O/c1-6-25-16(2)15-20(18(25)4)21(26)24-9-7-19(8-10-24)17(3)23-13-11-22(5)12-14-23/h15,17,19H,6-14H2,1-5H3/t17-/m0/s1. The molecule has 0 spiro atoms. The number of likely N-dealkylation sites (N-methyl/N-ethyl adjacent to an activating group) is 1. The quantitative estimate of drug-likeness (QED) is 0.827. The van der Waals surface area contributed by atoms with E-state index >= 15 is 0 Å². The molecule has 0 aromatic carbocycles. The number of aromatic nitrogens is 1. The van der Waals surface area contributed by atoms with Gasteiger partial charge in [0.25, 0.3) is 5.91 Å². The number of amides is 1. The highest BCUT2D eigenvalue weighted by atomic mass is 16.2. The van der Waals surface area contributed by atoms with Crippen LogP contribution in [0.3, 0.4) is 0 Å². The molecule has 1 aromatic heterocycles. The van der Waals surface area contributed by atoms with Crippen LogP contribution in [0.5, 0.6) is 0 Å². The van der Waals surface area contributed by atoms with Crippen molar-refractivity contribution < 1.29 is 4.79 Å². The van der Waals surface area contributed by atoms with Gasteiger partial charge in [0.15, 0.2) is 0 Å². The molecular formula is C21H36N4O. The van der Waals surface area contributed by atoms with Crippen LogP contribution in [0.4, 0.5) is 0 Å². The van der Waals surface area contributed by atoms with E-state index in [1.54, 1.807) is 0 Å². The summed E-state index contributed by atoms with van der Waals surface area (Å²) in [6.45, 7) is 16.1. The lowest BCUT2D eigenvalue weighted by molar-refractivity contribution is 0.0499. The fraction of sp³-hybridized carbons (Fsp3) is 0.762. The topological polar surface area (TPSA) is 31.7 Å².